The second-order valence-electron chi connectivity index (χ2n) is 9.00. The average Bonchev–Trinajstić information content (AvgIpc) is 2.99. The second kappa shape index (κ2) is 8.23. The number of hydrogen-bond acceptors (Lipinski definition) is 6. The molecule has 0 unspecified atom stereocenters. The molecule has 8 nitrogen and oxygen atoms in total. The first kappa shape index (κ1) is 23.0. The van der Waals surface area contributed by atoms with Gasteiger partial charge in [-0.25, -0.2) is 0 Å². The summed E-state index contributed by atoms with van der Waals surface area (Å²) < 4.78 is 11.4. The van der Waals surface area contributed by atoms with Gasteiger partial charge in [0.2, 0.25) is 0 Å². The number of aryl methyl sites for hydroxylation is 1. The zero-order valence-corrected chi connectivity index (χ0v) is 19.2. The van der Waals surface area contributed by atoms with E-state index in [-0.39, 0.29) is 41.6 Å². The van der Waals surface area contributed by atoms with Gasteiger partial charge in [-0.05, 0) is 30.6 Å². The lowest BCUT2D eigenvalue weighted by Gasteiger charge is -2.37. The molecule has 0 aliphatic carbocycles. The lowest BCUT2D eigenvalue weighted by atomic mass is 10.1. The zero-order valence-electron chi connectivity index (χ0n) is 18.2. The summed E-state index contributed by atoms with van der Waals surface area (Å²) in [4.78, 5) is 37.6. The van der Waals surface area contributed by atoms with Crippen LogP contribution in [0, 0.1) is 17.0 Å². The average molecular weight is 423 g/mol. The van der Waals surface area contributed by atoms with Crippen molar-refractivity contribution in [2.75, 3.05) is 20.3 Å². The fourth-order valence-electron chi connectivity index (χ4n) is 3.03. The van der Waals surface area contributed by atoms with Gasteiger partial charge in [-0.1, -0.05) is 20.8 Å². The van der Waals surface area contributed by atoms with Gasteiger partial charge in [-0.15, -0.1) is 0 Å². The number of Topliss-reactive ketones (excluding diaryl/α,β-unsaturated/α-hetero) is 1. The normalized spacial score (nSPS) is 17.6. The fourth-order valence-corrected chi connectivity index (χ4v) is 4.08. The number of ether oxygens (including phenoxy) is 1. The van der Waals surface area contributed by atoms with E-state index in [2.05, 4.69) is 33.9 Å². The molecule has 1 aromatic carbocycles. The van der Waals surface area contributed by atoms with E-state index in [9.17, 15) is 19.7 Å². The molecule has 1 saturated heterocycles. The highest BCUT2D eigenvalue weighted by atomic mass is 28.4. The number of benzene rings is 1. The largest absolute Gasteiger partial charge is 0.496 e. The molecular formula is C20H30N2O6Si. The highest BCUT2D eigenvalue weighted by molar-refractivity contribution is 6.74. The van der Waals surface area contributed by atoms with Crippen molar-refractivity contribution in [3.05, 3.63) is 33.4 Å². The van der Waals surface area contributed by atoms with Gasteiger partial charge < -0.3 is 14.1 Å². The monoisotopic (exact) mass is 422 g/mol. The third-order valence-electron chi connectivity index (χ3n) is 5.89. The van der Waals surface area contributed by atoms with Crippen LogP contribution in [0.25, 0.3) is 0 Å². The standard InChI is InChI=1S/C20H30N2O6Si/c1-13-8-17(22(25)26)16(10-18(13)27-5)19(24)21-11-15(23)9-14(21)12-28-29(6,7)20(2,3)4/h8,10,14H,9,11-12H2,1-7H3/t14-/m0/s1. The van der Waals surface area contributed by atoms with Crippen molar-refractivity contribution in [3.63, 3.8) is 0 Å². The van der Waals surface area contributed by atoms with Gasteiger partial charge in [0.25, 0.3) is 11.6 Å². The van der Waals surface area contributed by atoms with E-state index in [0.29, 0.717) is 11.3 Å². The Kier molecular flexibility index (Phi) is 6.54. The Bertz CT molecular complexity index is 831. The Morgan fingerprint density at radius 3 is 2.48 bits per heavy atom. The molecule has 0 spiro atoms. The van der Waals surface area contributed by atoms with Crippen molar-refractivity contribution in [1.82, 2.24) is 4.90 Å². The third kappa shape index (κ3) is 4.84. The van der Waals surface area contributed by atoms with Crippen LogP contribution in [0.1, 0.15) is 43.1 Å². The Balaban J connectivity index is 2.33. The van der Waals surface area contributed by atoms with E-state index in [0.717, 1.165) is 0 Å². The van der Waals surface area contributed by atoms with Crippen molar-refractivity contribution in [1.29, 1.82) is 0 Å². The number of methoxy groups -OCH3 is 1. The van der Waals surface area contributed by atoms with E-state index in [1.54, 1.807) is 6.92 Å². The molecule has 0 aromatic heterocycles. The van der Waals surface area contributed by atoms with E-state index in [4.69, 9.17) is 9.16 Å². The number of nitrogens with zero attached hydrogens (tertiary/aromatic N) is 2. The number of amides is 1. The Labute approximate surface area is 172 Å². The summed E-state index contributed by atoms with van der Waals surface area (Å²) in [5.74, 6) is -0.243. The lowest BCUT2D eigenvalue weighted by Crippen LogP contribution is -2.46. The van der Waals surface area contributed by atoms with E-state index < -0.39 is 25.2 Å². The van der Waals surface area contributed by atoms with E-state index in [1.165, 1.54) is 24.1 Å². The van der Waals surface area contributed by atoms with Crippen LogP contribution in [-0.4, -0.2) is 56.1 Å². The summed E-state index contributed by atoms with van der Waals surface area (Å²) in [5.41, 5.74) is 0.187. The summed E-state index contributed by atoms with van der Waals surface area (Å²) in [6, 6.07) is 2.27. The molecule has 9 heteroatoms. The molecule has 1 amide bonds. The maximum Gasteiger partial charge on any atom is 0.282 e. The molecule has 0 radical (unpaired) electrons. The molecule has 29 heavy (non-hydrogen) atoms. The third-order valence-corrected chi connectivity index (χ3v) is 10.4. The van der Waals surface area contributed by atoms with Crippen LogP contribution in [0.2, 0.25) is 18.1 Å². The minimum absolute atomic E-state index is 0.00639. The van der Waals surface area contributed by atoms with Gasteiger partial charge in [0.1, 0.15) is 11.3 Å². The molecule has 160 valence electrons. The maximum absolute atomic E-state index is 13.2. The molecule has 1 heterocycles. The summed E-state index contributed by atoms with van der Waals surface area (Å²) >= 11 is 0. The Morgan fingerprint density at radius 2 is 1.97 bits per heavy atom. The van der Waals surface area contributed by atoms with Gasteiger partial charge in [0.15, 0.2) is 14.1 Å². The van der Waals surface area contributed by atoms with Crippen LogP contribution in [0.15, 0.2) is 12.1 Å². The Hall–Kier alpha value is -2.26. The minimum atomic E-state index is -2.07. The first-order valence-corrected chi connectivity index (χ1v) is 12.5. The molecule has 1 atom stereocenters. The van der Waals surface area contributed by atoms with E-state index >= 15 is 0 Å². The van der Waals surface area contributed by atoms with Crippen molar-refractivity contribution in [3.8, 4) is 5.75 Å². The van der Waals surface area contributed by atoms with Crippen LogP contribution in [0.4, 0.5) is 5.69 Å². The highest BCUT2D eigenvalue weighted by Crippen LogP contribution is 2.37. The predicted molar refractivity (Wildman–Crippen MR) is 112 cm³/mol. The number of hydrogen-bond donors (Lipinski definition) is 0. The minimum Gasteiger partial charge on any atom is -0.496 e. The molecule has 2 rings (SSSR count). The number of carbonyl (C=O) groups excluding carboxylic acids is 2. The van der Waals surface area contributed by atoms with Crippen molar-refractivity contribution in [2.45, 2.75) is 58.3 Å². The van der Waals surface area contributed by atoms with Crippen molar-refractivity contribution in [2.24, 2.45) is 0 Å². The predicted octanol–water partition coefficient (Wildman–Crippen LogP) is 3.72. The number of carbonyl (C=O) groups is 2. The number of nitro groups is 1. The highest BCUT2D eigenvalue weighted by Gasteiger charge is 2.41. The van der Waals surface area contributed by atoms with Gasteiger partial charge in [0.05, 0.1) is 31.2 Å². The van der Waals surface area contributed by atoms with Crippen LogP contribution in [0.3, 0.4) is 0 Å². The molecule has 1 aliphatic heterocycles. The van der Waals surface area contributed by atoms with Crippen molar-refractivity contribution < 1.29 is 23.7 Å². The Morgan fingerprint density at radius 1 is 1.34 bits per heavy atom. The molecule has 1 aliphatic rings. The van der Waals surface area contributed by atoms with Crippen LogP contribution in [-0.2, 0) is 9.22 Å². The molecule has 1 aromatic rings. The number of likely N-dealkylation sites (tertiary alicyclic amines) is 1. The molecular weight excluding hydrogens is 392 g/mol. The summed E-state index contributed by atoms with van der Waals surface area (Å²) in [5, 5.41) is 11.5. The van der Waals surface area contributed by atoms with Crippen LogP contribution in [0.5, 0.6) is 5.75 Å². The summed E-state index contributed by atoms with van der Waals surface area (Å²) in [6.07, 6.45) is 0.192. The first-order valence-electron chi connectivity index (χ1n) is 9.58. The second-order valence-corrected chi connectivity index (χ2v) is 13.8. The summed E-state index contributed by atoms with van der Waals surface area (Å²) in [6.45, 7) is 12.4. The van der Waals surface area contributed by atoms with Crippen LogP contribution < -0.4 is 4.74 Å². The zero-order chi connectivity index (χ0) is 22.1. The number of nitro benzene ring substituents is 1. The molecule has 1 fully saturated rings. The van der Waals surface area contributed by atoms with Gasteiger partial charge in [-0.3, -0.25) is 19.7 Å². The SMILES string of the molecule is COc1cc(C(=O)N2CC(=O)C[C@H]2CO[Si](C)(C)C(C)(C)C)c([N+](=O)[O-])cc1C. The molecule has 0 saturated carbocycles. The van der Waals surface area contributed by atoms with Crippen molar-refractivity contribution >= 4 is 25.7 Å². The van der Waals surface area contributed by atoms with E-state index in [1.807, 2.05) is 0 Å². The van der Waals surface area contributed by atoms with Crippen LogP contribution >= 0.6 is 0 Å². The summed E-state index contributed by atoms with van der Waals surface area (Å²) in [7, 11) is -0.624. The number of ketones is 1. The molecule has 0 bridgehead atoms. The maximum atomic E-state index is 13.2. The molecule has 0 N–H and O–H groups in total. The van der Waals surface area contributed by atoms with Gasteiger partial charge in [0, 0.05) is 18.6 Å². The number of rotatable bonds is 6. The fraction of sp³-hybridized carbons (Fsp3) is 0.600. The quantitative estimate of drug-likeness (QED) is 0.394. The first-order chi connectivity index (χ1) is 13.3. The van der Waals surface area contributed by atoms with Gasteiger partial charge in [-0.2, -0.15) is 0 Å². The smallest absolute Gasteiger partial charge is 0.282 e. The topological polar surface area (TPSA) is 99.0 Å². The van der Waals surface area contributed by atoms with Gasteiger partial charge >= 0.3 is 0 Å². The lowest BCUT2D eigenvalue weighted by molar-refractivity contribution is -0.385.